The Morgan fingerprint density at radius 1 is 1.11 bits per heavy atom. The van der Waals surface area contributed by atoms with E-state index in [9.17, 15) is 0 Å². The number of ether oxygens (including phenoxy) is 1. The first kappa shape index (κ1) is 13.7. The minimum atomic E-state index is 0.593. The van der Waals surface area contributed by atoms with E-state index >= 15 is 0 Å². The molecule has 2 rings (SSSR count). The molecule has 0 aliphatic carbocycles. The number of benzene rings is 1. The number of aromatic nitrogens is 1. The molecule has 0 amide bonds. The van der Waals surface area contributed by atoms with Crippen LogP contribution in [0.4, 0.5) is 5.69 Å². The monoisotopic (exact) mass is 277 g/mol. The van der Waals surface area contributed by atoms with E-state index < -0.39 is 0 Å². The Morgan fingerprint density at radius 2 is 1.79 bits per heavy atom. The Morgan fingerprint density at radius 3 is 2.42 bits per heavy atom. The number of hydrogen-bond acceptors (Lipinski definition) is 2. The van der Waals surface area contributed by atoms with Crippen LogP contribution in [0.2, 0.25) is 5.02 Å². The Kier molecular flexibility index (Phi) is 4.63. The van der Waals surface area contributed by atoms with Gasteiger partial charge in [0.2, 0.25) is 0 Å². The third-order valence-corrected chi connectivity index (χ3v) is 3.15. The van der Waals surface area contributed by atoms with E-state index in [1.54, 1.807) is 0 Å². The lowest BCUT2D eigenvalue weighted by Gasteiger charge is -2.10. The molecule has 1 aromatic heterocycles. The molecule has 1 heterocycles. The van der Waals surface area contributed by atoms with E-state index in [-0.39, 0.29) is 0 Å². The van der Waals surface area contributed by atoms with Crippen LogP contribution >= 0.6 is 11.6 Å². The van der Waals surface area contributed by atoms with Crippen molar-refractivity contribution >= 4 is 17.3 Å². The minimum Gasteiger partial charge on any atom is -0.485 e. The fourth-order valence-electron chi connectivity index (χ4n) is 1.72. The molecular formula is C15H18ClN2O+. The summed E-state index contributed by atoms with van der Waals surface area (Å²) < 4.78 is 7.74. The Balaban J connectivity index is 1.87. The molecule has 0 unspecified atom stereocenters. The molecule has 0 saturated carbocycles. The number of pyridine rings is 1. The van der Waals surface area contributed by atoms with Crippen molar-refractivity contribution in [2.75, 3.05) is 25.6 Å². The van der Waals surface area contributed by atoms with Crippen LogP contribution in [-0.2, 0) is 6.54 Å². The molecule has 0 bridgehead atoms. The van der Waals surface area contributed by atoms with Crippen LogP contribution in [0.5, 0.6) is 5.75 Å². The van der Waals surface area contributed by atoms with Crippen molar-refractivity contribution in [1.82, 2.24) is 0 Å². The largest absolute Gasteiger partial charge is 0.485 e. The highest BCUT2D eigenvalue weighted by Crippen LogP contribution is 2.22. The van der Waals surface area contributed by atoms with Gasteiger partial charge < -0.3 is 9.64 Å². The van der Waals surface area contributed by atoms with Crippen LogP contribution in [0.15, 0.2) is 48.8 Å². The number of para-hydroxylation sites is 1. The van der Waals surface area contributed by atoms with Gasteiger partial charge in [-0.15, -0.1) is 0 Å². The maximum absolute atomic E-state index is 6.02. The number of rotatable bonds is 5. The summed E-state index contributed by atoms with van der Waals surface area (Å²) in [5, 5.41) is 0.649. The van der Waals surface area contributed by atoms with E-state index in [2.05, 4.69) is 21.6 Å². The van der Waals surface area contributed by atoms with Crippen LogP contribution in [0, 0.1) is 0 Å². The number of nitrogens with zero attached hydrogens (tertiary/aromatic N) is 2. The van der Waals surface area contributed by atoms with Crippen LogP contribution in [0.3, 0.4) is 0 Å². The van der Waals surface area contributed by atoms with Gasteiger partial charge in [0, 0.05) is 31.9 Å². The quantitative estimate of drug-likeness (QED) is 0.782. The Bertz CT molecular complexity index is 526. The second-order valence-corrected chi connectivity index (χ2v) is 4.87. The standard InChI is InChI=1S/C15H18ClN2O/c1-17(2)13-7-9-18(10-8-13)11-12-19-15-6-4-3-5-14(15)16/h3-10H,11-12H2,1-2H3/q+1. The molecule has 0 N–H and O–H groups in total. The first-order valence-electron chi connectivity index (χ1n) is 6.20. The van der Waals surface area contributed by atoms with Gasteiger partial charge in [0.15, 0.2) is 18.9 Å². The van der Waals surface area contributed by atoms with Crippen LogP contribution in [0.1, 0.15) is 0 Å². The van der Waals surface area contributed by atoms with E-state index in [1.807, 2.05) is 50.8 Å². The molecule has 19 heavy (non-hydrogen) atoms. The molecule has 1 aromatic carbocycles. The van der Waals surface area contributed by atoms with E-state index in [4.69, 9.17) is 16.3 Å². The molecule has 3 nitrogen and oxygen atoms in total. The lowest BCUT2D eigenvalue weighted by molar-refractivity contribution is -0.697. The van der Waals surface area contributed by atoms with Gasteiger partial charge in [-0.1, -0.05) is 23.7 Å². The second kappa shape index (κ2) is 6.43. The number of anilines is 1. The van der Waals surface area contributed by atoms with Crippen molar-refractivity contribution in [3.63, 3.8) is 0 Å². The van der Waals surface area contributed by atoms with Crippen molar-refractivity contribution in [3.8, 4) is 5.75 Å². The predicted molar refractivity (Wildman–Crippen MR) is 77.9 cm³/mol. The van der Waals surface area contributed by atoms with Crippen molar-refractivity contribution in [2.45, 2.75) is 6.54 Å². The molecular weight excluding hydrogens is 260 g/mol. The summed E-state index contributed by atoms with van der Waals surface area (Å²) in [5.41, 5.74) is 1.18. The maximum Gasteiger partial charge on any atom is 0.182 e. The summed E-state index contributed by atoms with van der Waals surface area (Å²) in [6.45, 7) is 1.38. The van der Waals surface area contributed by atoms with E-state index in [0.29, 0.717) is 11.6 Å². The van der Waals surface area contributed by atoms with Gasteiger partial charge >= 0.3 is 0 Å². The Hall–Kier alpha value is -1.74. The second-order valence-electron chi connectivity index (χ2n) is 4.47. The summed E-state index contributed by atoms with van der Waals surface area (Å²) in [7, 11) is 4.06. The zero-order chi connectivity index (χ0) is 13.7. The maximum atomic E-state index is 6.02. The van der Waals surface area contributed by atoms with Gasteiger partial charge in [-0.3, -0.25) is 0 Å². The van der Waals surface area contributed by atoms with Crippen LogP contribution < -0.4 is 14.2 Å². The molecule has 0 atom stereocenters. The van der Waals surface area contributed by atoms with Crippen molar-refractivity contribution in [3.05, 3.63) is 53.8 Å². The van der Waals surface area contributed by atoms with Gasteiger partial charge in [-0.05, 0) is 12.1 Å². The van der Waals surface area contributed by atoms with Gasteiger partial charge in [-0.25, -0.2) is 4.57 Å². The van der Waals surface area contributed by atoms with Gasteiger partial charge in [0.05, 0.1) is 5.02 Å². The summed E-state index contributed by atoms with van der Waals surface area (Å²) in [6, 6.07) is 11.7. The predicted octanol–water partition coefficient (Wildman–Crippen LogP) is 2.77. The molecule has 0 saturated heterocycles. The highest BCUT2D eigenvalue weighted by molar-refractivity contribution is 6.32. The first-order valence-corrected chi connectivity index (χ1v) is 6.58. The van der Waals surface area contributed by atoms with E-state index in [1.165, 1.54) is 5.69 Å². The summed E-state index contributed by atoms with van der Waals surface area (Å²) in [5.74, 6) is 0.731. The third kappa shape index (κ3) is 3.86. The zero-order valence-corrected chi connectivity index (χ0v) is 12.0. The number of hydrogen-bond donors (Lipinski definition) is 0. The van der Waals surface area contributed by atoms with Gasteiger partial charge in [-0.2, -0.15) is 0 Å². The van der Waals surface area contributed by atoms with Crippen molar-refractivity contribution in [2.24, 2.45) is 0 Å². The fourth-order valence-corrected chi connectivity index (χ4v) is 1.91. The van der Waals surface area contributed by atoms with Crippen molar-refractivity contribution < 1.29 is 9.30 Å². The SMILES string of the molecule is CN(C)c1cc[n+](CCOc2ccccc2Cl)cc1. The normalized spacial score (nSPS) is 10.3. The first-order chi connectivity index (χ1) is 9.16. The highest BCUT2D eigenvalue weighted by Gasteiger charge is 2.04. The Labute approximate surface area is 119 Å². The van der Waals surface area contributed by atoms with Gasteiger partial charge in [0.25, 0.3) is 0 Å². The summed E-state index contributed by atoms with van der Waals surface area (Å²) in [4.78, 5) is 2.07. The lowest BCUT2D eigenvalue weighted by Crippen LogP contribution is -2.36. The highest BCUT2D eigenvalue weighted by atomic mass is 35.5. The molecule has 0 spiro atoms. The van der Waals surface area contributed by atoms with Crippen LogP contribution in [0.25, 0.3) is 0 Å². The van der Waals surface area contributed by atoms with Gasteiger partial charge in [0.1, 0.15) is 12.4 Å². The average Bonchev–Trinajstić information content (AvgIpc) is 2.41. The number of halogens is 1. The van der Waals surface area contributed by atoms with Crippen molar-refractivity contribution in [1.29, 1.82) is 0 Å². The molecule has 4 heteroatoms. The minimum absolute atomic E-state index is 0.593. The zero-order valence-electron chi connectivity index (χ0n) is 11.2. The fraction of sp³-hybridized carbons (Fsp3) is 0.267. The molecule has 100 valence electrons. The summed E-state index contributed by atoms with van der Waals surface area (Å²) in [6.07, 6.45) is 4.09. The third-order valence-electron chi connectivity index (χ3n) is 2.83. The molecule has 0 radical (unpaired) electrons. The molecule has 0 aliphatic rings. The summed E-state index contributed by atoms with van der Waals surface area (Å²) >= 11 is 6.02. The van der Waals surface area contributed by atoms with E-state index in [0.717, 1.165) is 12.3 Å². The topological polar surface area (TPSA) is 16.4 Å². The molecule has 0 aliphatic heterocycles. The average molecular weight is 278 g/mol. The molecule has 0 fully saturated rings. The lowest BCUT2D eigenvalue weighted by atomic mass is 10.3. The smallest absolute Gasteiger partial charge is 0.182 e. The molecule has 2 aromatic rings. The van der Waals surface area contributed by atoms with Crippen LogP contribution in [-0.4, -0.2) is 20.7 Å².